The van der Waals surface area contributed by atoms with Crippen molar-refractivity contribution in [3.8, 4) is 0 Å². The summed E-state index contributed by atoms with van der Waals surface area (Å²) in [5.74, 6) is 0.167. The minimum atomic E-state index is -0.448. The molecule has 106 valence electrons. The van der Waals surface area contributed by atoms with Gasteiger partial charge in [-0.15, -0.1) is 0 Å². The number of ether oxygens (including phenoxy) is 1. The second kappa shape index (κ2) is 7.23. The van der Waals surface area contributed by atoms with Crippen LogP contribution in [0.5, 0.6) is 0 Å². The molecule has 1 aromatic heterocycles. The van der Waals surface area contributed by atoms with E-state index in [4.69, 9.17) is 4.74 Å². The van der Waals surface area contributed by atoms with Crippen LogP contribution in [-0.2, 0) is 4.74 Å². The predicted octanol–water partition coefficient (Wildman–Crippen LogP) is 2.42. The van der Waals surface area contributed by atoms with Gasteiger partial charge in [0.15, 0.2) is 11.6 Å². The molecule has 1 aromatic rings. The predicted molar refractivity (Wildman–Crippen MR) is 72.9 cm³/mol. The monoisotopic (exact) mass is 268 g/mol. The standard InChI is InChI=1S/C13H21FN4O/c1-15-13-17-9-11(14)12(18-13)16-7-8-19-10-5-3-2-4-6-10/h9-10H,2-8H2,1H3,(H2,15,16,17,18). The van der Waals surface area contributed by atoms with Crippen LogP contribution in [0.2, 0.25) is 0 Å². The van der Waals surface area contributed by atoms with Crippen molar-refractivity contribution in [2.24, 2.45) is 0 Å². The van der Waals surface area contributed by atoms with Crippen molar-refractivity contribution < 1.29 is 9.13 Å². The lowest BCUT2D eigenvalue weighted by Gasteiger charge is -2.22. The fourth-order valence-electron chi connectivity index (χ4n) is 2.24. The summed E-state index contributed by atoms with van der Waals surface area (Å²) in [6.07, 6.45) is 7.64. The summed E-state index contributed by atoms with van der Waals surface area (Å²) in [5, 5.41) is 5.71. The summed E-state index contributed by atoms with van der Waals surface area (Å²) in [6, 6.07) is 0. The van der Waals surface area contributed by atoms with Gasteiger partial charge in [-0.1, -0.05) is 19.3 Å². The molecule has 0 bridgehead atoms. The number of hydrogen-bond acceptors (Lipinski definition) is 5. The van der Waals surface area contributed by atoms with Crippen LogP contribution in [0.3, 0.4) is 0 Å². The number of hydrogen-bond donors (Lipinski definition) is 2. The molecule has 0 amide bonds. The number of halogens is 1. The molecule has 19 heavy (non-hydrogen) atoms. The molecule has 0 unspecified atom stereocenters. The van der Waals surface area contributed by atoms with Crippen LogP contribution >= 0.6 is 0 Å². The Kier molecular flexibility index (Phi) is 5.32. The summed E-state index contributed by atoms with van der Waals surface area (Å²) in [6.45, 7) is 1.12. The number of nitrogens with one attached hydrogen (secondary N) is 2. The first-order valence-electron chi connectivity index (χ1n) is 6.85. The molecule has 2 rings (SSSR count). The van der Waals surface area contributed by atoms with Gasteiger partial charge in [0.2, 0.25) is 5.95 Å². The van der Waals surface area contributed by atoms with Crippen LogP contribution in [0.4, 0.5) is 16.2 Å². The Hall–Kier alpha value is -1.43. The highest BCUT2D eigenvalue weighted by atomic mass is 19.1. The summed E-state index contributed by atoms with van der Waals surface area (Å²) in [4.78, 5) is 7.80. The molecular weight excluding hydrogens is 247 g/mol. The van der Waals surface area contributed by atoms with Crippen LogP contribution in [0.15, 0.2) is 6.20 Å². The lowest BCUT2D eigenvalue weighted by atomic mass is 9.98. The zero-order valence-corrected chi connectivity index (χ0v) is 11.3. The molecule has 1 heterocycles. The second-order valence-electron chi connectivity index (χ2n) is 4.70. The smallest absolute Gasteiger partial charge is 0.224 e. The number of rotatable bonds is 6. The quantitative estimate of drug-likeness (QED) is 0.776. The molecule has 5 nitrogen and oxygen atoms in total. The molecule has 0 saturated heterocycles. The Balaban J connectivity index is 1.72. The van der Waals surface area contributed by atoms with E-state index in [0.717, 1.165) is 19.0 Å². The van der Waals surface area contributed by atoms with Crippen LogP contribution in [0.25, 0.3) is 0 Å². The van der Waals surface area contributed by atoms with Crippen LogP contribution in [0, 0.1) is 5.82 Å². The van der Waals surface area contributed by atoms with Crippen molar-refractivity contribution in [1.29, 1.82) is 0 Å². The largest absolute Gasteiger partial charge is 0.376 e. The molecule has 0 aromatic carbocycles. The molecule has 1 aliphatic rings. The lowest BCUT2D eigenvalue weighted by molar-refractivity contribution is 0.0347. The van der Waals surface area contributed by atoms with Gasteiger partial charge in [-0.25, -0.2) is 9.37 Å². The second-order valence-corrected chi connectivity index (χ2v) is 4.70. The summed E-state index contributed by atoms with van der Waals surface area (Å²) in [7, 11) is 1.70. The molecule has 1 fully saturated rings. The van der Waals surface area contributed by atoms with Crippen molar-refractivity contribution in [1.82, 2.24) is 9.97 Å². The van der Waals surface area contributed by atoms with Crippen molar-refractivity contribution in [2.45, 2.75) is 38.2 Å². The van der Waals surface area contributed by atoms with Crippen molar-refractivity contribution in [2.75, 3.05) is 30.8 Å². The fraction of sp³-hybridized carbons (Fsp3) is 0.692. The van der Waals surface area contributed by atoms with Gasteiger partial charge in [-0.05, 0) is 12.8 Å². The Bertz CT molecular complexity index is 396. The maximum atomic E-state index is 13.4. The maximum absolute atomic E-state index is 13.4. The van der Waals surface area contributed by atoms with Crippen LogP contribution in [0.1, 0.15) is 32.1 Å². The molecular formula is C13H21FN4O. The zero-order chi connectivity index (χ0) is 13.5. The Morgan fingerprint density at radius 3 is 2.89 bits per heavy atom. The normalized spacial score (nSPS) is 16.3. The van der Waals surface area contributed by atoms with Crippen LogP contribution < -0.4 is 10.6 Å². The van der Waals surface area contributed by atoms with Gasteiger partial charge in [0.1, 0.15) is 0 Å². The highest BCUT2D eigenvalue weighted by Crippen LogP contribution is 2.20. The van der Waals surface area contributed by atoms with Gasteiger partial charge in [-0.3, -0.25) is 0 Å². The molecule has 0 radical (unpaired) electrons. The highest BCUT2D eigenvalue weighted by molar-refractivity contribution is 5.40. The van der Waals surface area contributed by atoms with Gasteiger partial charge in [0.05, 0.1) is 18.9 Å². The van der Waals surface area contributed by atoms with E-state index in [0.29, 0.717) is 25.2 Å². The van der Waals surface area contributed by atoms with Crippen molar-refractivity contribution >= 4 is 11.8 Å². The van der Waals surface area contributed by atoms with E-state index < -0.39 is 5.82 Å². The third-order valence-electron chi connectivity index (χ3n) is 3.27. The SMILES string of the molecule is CNc1ncc(F)c(NCCOC2CCCCC2)n1. The van der Waals surface area contributed by atoms with E-state index in [2.05, 4.69) is 20.6 Å². The number of aromatic nitrogens is 2. The highest BCUT2D eigenvalue weighted by Gasteiger charge is 2.13. The average Bonchev–Trinajstić information content (AvgIpc) is 2.46. The first-order valence-corrected chi connectivity index (χ1v) is 6.85. The van der Waals surface area contributed by atoms with E-state index in [1.54, 1.807) is 7.05 Å². The van der Waals surface area contributed by atoms with Gasteiger partial charge >= 0.3 is 0 Å². The van der Waals surface area contributed by atoms with Crippen molar-refractivity contribution in [3.63, 3.8) is 0 Å². The molecule has 6 heteroatoms. The van der Waals surface area contributed by atoms with Gasteiger partial charge in [-0.2, -0.15) is 4.98 Å². The van der Waals surface area contributed by atoms with Crippen molar-refractivity contribution in [3.05, 3.63) is 12.0 Å². The lowest BCUT2D eigenvalue weighted by Crippen LogP contribution is -2.21. The Morgan fingerprint density at radius 1 is 1.37 bits per heavy atom. The minimum Gasteiger partial charge on any atom is -0.376 e. The molecule has 0 aliphatic heterocycles. The van der Waals surface area contributed by atoms with Gasteiger partial charge in [0.25, 0.3) is 0 Å². The molecule has 0 atom stereocenters. The van der Waals surface area contributed by atoms with E-state index in [-0.39, 0.29) is 5.82 Å². The Morgan fingerprint density at radius 2 is 2.16 bits per heavy atom. The van der Waals surface area contributed by atoms with E-state index in [9.17, 15) is 4.39 Å². The van der Waals surface area contributed by atoms with E-state index >= 15 is 0 Å². The molecule has 0 spiro atoms. The minimum absolute atomic E-state index is 0.214. The zero-order valence-electron chi connectivity index (χ0n) is 11.3. The third-order valence-corrected chi connectivity index (χ3v) is 3.27. The van der Waals surface area contributed by atoms with E-state index in [1.807, 2.05) is 0 Å². The van der Waals surface area contributed by atoms with Gasteiger partial charge < -0.3 is 15.4 Å². The summed E-state index contributed by atoms with van der Waals surface area (Å²) in [5.41, 5.74) is 0. The van der Waals surface area contributed by atoms with E-state index in [1.165, 1.54) is 19.3 Å². The topological polar surface area (TPSA) is 59.1 Å². The van der Waals surface area contributed by atoms with Crippen LogP contribution in [-0.4, -0.2) is 36.3 Å². The van der Waals surface area contributed by atoms with Gasteiger partial charge in [0, 0.05) is 13.6 Å². The summed E-state index contributed by atoms with van der Waals surface area (Å²) >= 11 is 0. The molecule has 2 N–H and O–H groups in total. The molecule has 1 aliphatic carbocycles. The number of nitrogens with zero attached hydrogens (tertiary/aromatic N) is 2. The first-order chi connectivity index (χ1) is 9.29. The first kappa shape index (κ1) is 14.0. The maximum Gasteiger partial charge on any atom is 0.224 e. The third kappa shape index (κ3) is 4.31. The summed E-state index contributed by atoms with van der Waals surface area (Å²) < 4.78 is 19.2. The number of anilines is 2. The fourth-order valence-corrected chi connectivity index (χ4v) is 2.24. The Labute approximate surface area is 113 Å². The average molecular weight is 268 g/mol. The molecule has 1 saturated carbocycles.